The third kappa shape index (κ3) is 3.48. The van der Waals surface area contributed by atoms with E-state index in [0.717, 1.165) is 17.8 Å². The Morgan fingerprint density at radius 1 is 1.29 bits per heavy atom. The van der Waals surface area contributed by atoms with Crippen molar-refractivity contribution in [1.29, 1.82) is 0 Å². The first kappa shape index (κ1) is 20.4. The second-order valence-electron chi connectivity index (χ2n) is 8.54. The SMILES string of the molecule is CCC[C@H]([Se][C@@H]1C(=O)[C@]2(C)CC[C@H]1C2(C)C)[C@@H](CCC)NC(C)=S. The van der Waals surface area contributed by atoms with E-state index in [0.29, 0.717) is 42.3 Å². The van der Waals surface area contributed by atoms with Crippen LogP contribution in [-0.4, -0.2) is 31.8 Å². The first-order valence-corrected chi connectivity index (χ1v) is 12.0. The third-order valence-electron chi connectivity index (χ3n) is 6.80. The summed E-state index contributed by atoms with van der Waals surface area (Å²) in [6.07, 6.45) is 7.09. The molecule has 2 aliphatic carbocycles. The normalized spacial score (nSPS) is 33.5. The molecule has 1 N–H and O–H groups in total. The van der Waals surface area contributed by atoms with Crippen molar-refractivity contribution in [2.75, 3.05) is 0 Å². The van der Waals surface area contributed by atoms with Crippen molar-refractivity contribution in [3.05, 3.63) is 0 Å². The van der Waals surface area contributed by atoms with Gasteiger partial charge in [0.05, 0.1) is 0 Å². The van der Waals surface area contributed by atoms with Crippen LogP contribution in [0.2, 0.25) is 9.63 Å². The summed E-state index contributed by atoms with van der Waals surface area (Å²) < 4.78 is 0. The van der Waals surface area contributed by atoms with E-state index in [1.165, 1.54) is 25.7 Å². The van der Waals surface area contributed by atoms with Crippen molar-refractivity contribution in [3.63, 3.8) is 0 Å². The summed E-state index contributed by atoms with van der Waals surface area (Å²) in [5.74, 6) is 1.18. The number of carbonyl (C=O) groups is 1. The van der Waals surface area contributed by atoms with Gasteiger partial charge in [-0.2, -0.15) is 0 Å². The zero-order valence-corrected chi connectivity index (χ0v) is 18.8. The number of fused-ring (bicyclic) bond motifs is 2. The molecule has 2 saturated carbocycles. The molecule has 4 heteroatoms. The van der Waals surface area contributed by atoms with Crippen LogP contribution in [0, 0.1) is 16.7 Å². The molecule has 2 bridgehead atoms. The van der Waals surface area contributed by atoms with Crippen LogP contribution in [0.1, 0.15) is 80.1 Å². The molecule has 0 aromatic rings. The molecule has 5 atom stereocenters. The zero-order chi connectivity index (χ0) is 18.1. The molecule has 0 saturated heterocycles. The Morgan fingerprint density at radius 2 is 1.92 bits per heavy atom. The fourth-order valence-electron chi connectivity index (χ4n) is 4.92. The van der Waals surface area contributed by atoms with Gasteiger partial charge >= 0.3 is 161 Å². The fraction of sp³-hybridized carbons (Fsp3) is 0.900. The second-order valence-corrected chi connectivity index (χ2v) is 12.1. The molecule has 0 amide bonds. The van der Waals surface area contributed by atoms with Crippen molar-refractivity contribution < 1.29 is 4.79 Å². The number of hydrogen-bond acceptors (Lipinski definition) is 2. The van der Waals surface area contributed by atoms with Gasteiger partial charge in [0.25, 0.3) is 0 Å². The van der Waals surface area contributed by atoms with Gasteiger partial charge < -0.3 is 0 Å². The van der Waals surface area contributed by atoms with E-state index in [9.17, 15) is 4.79 Å². The number of nitrogens with one attached hydrogen (secondary N) is 1. The zero-order valence-electron chi connectivity index (χ0n) is 16.3. The number of carbonyl (C=O) groups excluding carboxylic acids is 1. The number of hydrogen-bond donors (Lipinski definition) is 1. The molecule has 0 aliphatic heterocycles. The van der Waals surface area contributed by atoms with Crippen LogP contribution in [0.3, 0.4) is 0 Å². The van der Waals surface area contributed by atoms with E-state index < -0.39 is 0 Å². The van der Waals surface area contributed by atoms with Crippen LogP contribution in [0.5, 0.6) is 0 Å². The van der Waals surface area contributed by atoms with Gasteiger partial charge in [-0.15, -0.1) is 0 Å². The number of thiocarbonyl (C=S) groups is 1. The molecule has 2 fully saturated rings. The standard InChI is InChI=1S/C20H35NOSSe/c1-7-9-15(21-13(3)23)16(10-8-2)24-17-14-11-12-20(6,18(17)22)19(14,4)5/h14-17H,7-12H2,1-6H3,(H,21,23)/t14-,15-,16+,17+,20+/m1/s1. The van der Waals surface area contributed by atoms with E-state index in [-0.39, 0.29) is 10.8 Å². The Balaban J connectivity index is 2.18. The first-order chi connectivity index (χ1) is 11.2. The molecule has 0 unspecified atom stereocenters. The molecule has 0 radical (unpaired) electrons. The van der Waals surface area contributed by atoms with Gasteiger partial charge in [-0.25, -0.2) is 0 Å². The fourth-order valence-corrected chi connectivity index (χ4v) is 9.67. The van der Waals surface area contributed by atoms with Crippen LogP contribution in [0.25, 0.3) is 0 Å². The molecule has 24 heavy (non-hydrogen) atoms. The summed E-state index contributed by atoms with van der Waals surface area (Å²) in [5.41, 5.74) is 0.107. The average molecular weight is 417 g/mol. The Morgan fingerprint density at radius 3 is 2.38 bits per heavy atom. The molecule has 0 aromatic heterocycles. The molecule has 0 aromatic carbocycles. The van der Waals surface area contributed by atoms with Crippen molar-refractivity contribution in [2.24, 2.45) is 16.7 Å². The van der Waals surface area contributed by atoms with Gasteiger partial charge in [0.15, 0.2) is 0 Å². The molecular formula is C20H35NOSSe. The summed E-state index contributed by atoms with van der Waals surface area (Å²) in [5, 5.41) is 3.56. The van der Waals surface area contributed by atoms with Crippen LogP contribution < -0.4 is 5.32 Å². The average Bonchev–Trinajstić information content (AvgIpc) is 2.80. The third-order valence-corrected chi connectivity index (χ3v) is 10.6. The monoisotopic (exact) mass is 417 g/mol. The minimum absolute atomic E-state index is 0.0748. The Hall–Kier alpha value is 0.0795. The Bertz CT molecular complexity index is 492. The Labute approximate surface area is 160 Å². The van der Waals surface area contributed by atoms with Gasteiger partial charge in [0, 0.05) is 0 Å². The van der Waals surface area contributed by atoms with Crippen LogP contribution in [0.4, 0.5) is 0 Å². The summed E-state index contributed by atoms with van der Waals surface area (Å²) in [6.45, 7) is 13.4. The maximum absolute atomic E-state index is 13.2. The second kappa shape index (κ2) is 7.76. The molecule has 2 nitrogen and oxygen atoms in total. The Kier molecular flexibility index (Phi) is 6.59. The van der Waals surface area contributed by atoms with Gasteiger partial charge in [-0.1, -0.05) is 0 Å². The molecule has 2 rings (SSSR count). The number of ketones is 1. The van der Waals surface area contributed by atoms with Crippen molar-refractivity contribution >= 4 is 37.9 Å². The summed E-state index contributed by atoms with van der Waals surface area (Å²) in [4.78, 5) is 15.1. The topological polar surface area (TPSA) is 29.1 Å². The molecule has 138 valence electrons. The number of Topliss-reactive ketones (excluding diaryl/α,β-unsaturated/α-hetero) is 1. The minimum atomic E-state index is -0.0748. The molecule has 2 aliphatic rings. The van der Waals surface area contributed by atoms with Crippen LogP contribution in [-0.2, 0) is 4.79 Å². The van der Waals surface area contributed by atoms with E-state index in [1.807, 2.05) is 6.92 Å². The summed E-state index contributed by atoms with van der Waals surface area (Å²) >= 11 is 5.70. The van der Waals surface area contributed by atoms with Gasteiger partial charge in [-0.3, -0.25) is 0 Å². The van der Waals surface area contributed by atoms with Crippen LogP contribution in [0.15, 0.2) is 0 Å². The predicted molar refractivity (Wildman–Crippen MR) is 108 cm³/mol. The van der Waals surface area contributed by atoms with Crippen molar-refractivity contribution in [1.82, 2.24) is 5.32 Å². The van der Waals surface area contributed by atoms with E-state index >= 15 is 0 Å². The van der Waals surface area contributed by atoms with E-state index in [2.05, 4.69) is 39.9 Å². The quantitative estimate of drug-likeness (QED) is 0.436. The summed E-state index contributed by atoms with van der Waals surface area (Å²) in [6, 6.07) is 0.454. The molecule has 0 spiro atoms. The van der Waals surface area contributed by atoms with E-state index in [1.54, 1.807) is 0 Å². The van der Waals surface area contributed by atoms with Crippen LogP contribution >= 0.6 is 12.2 Å². The summed E-state index contributed by atoms with van der Waals surface area (Å²) in [7, 11) is 0. The molecule has 0 heterocycles. The van der Waals surface area contributed by atoms with Gasteiger partial charge in [-0.05, 0) is 0 Å². The van der Waals surface area contributed by atoms with Gasteiger partial charge in [0.2, 0.25) is 0 Å². The number of rotatable bonds is 8. The van der Waals surface area contributed by atoms with Crippen molar-refractivity contribution in [3.8, 4) is 0 Å². The first-order valence-electron chi connectivity index (χ1n) is 9.65. The van der Waals surface area contributed by atoms with Gasteiger partial charge in [0.1, 0.15) is 0 Å². The molecular weight excluding hydrogens is 381 g/mol. The van der Waals surface area contributed by atoms with Crippen molar-refractivity contribution in [2.45, 2.75) is 95.7 Å². The predicted octanol–water partition coefficient (Wildman–Crippen LogP) is 5.20. The maximum atomic E-state index is 13.2. The van der Waals surface area contributed by atoms with E-state index in [4.69, 9.17) is 12.2 Å².